The van der Waals surface area contributed by atoms with Gasteiger partial charge in [0.2, 0.25) is 11.8 Å². The summed E-state index contributed by atoms with van der Waals surface area (Å²) in [5, 5.41) is 2.99. The Morgan fingerprint density at radius 1 is 0.875 bits per heavy atom. The molecule has 1 N–H and O–H groups in total. The SMILES string of the molecule is CCC(C(=O)NC(C)(C)C)N(CCc1ccccc1)C(=O)CN(c1ccccc1C)S(=O)(=O)c1ccc(C)cc1. The maximum absolute atomic E-state index is 14.1. The zero-order chi connectivity index (χ0) is 29.5. The first-order valence-corrected chi connectivity index (χ1v) is 15.1. The maximum atomic E-state index is 14.1. The molecule has 2 amide bonds. The fraction of sp³-hybridized carbons (Fsp3) is 0.375. The van der Waals surface area contributed by atoms with E-state index in [1.807, 2.05) is 84.0 Å². The van der Waals surface area contributed by atoms with Gasteiger partial charge in [0.15, 0.2) is 0 Å². The lowest BCUT2D eigenvalue weighted by molar-refractivity contribution is -0.140. The fourth-order valence-corrected chi connectivity index (χ4v) is 6.02. The summed E-state index contributed by atoms with van der Waals surface area (Å²) in [7, 11) is -4.09. The third kappa shape index (κ3) is 7.94. The first-order valence-electron chi connectivity index (χ1n) is 13.6. The number of amides is 2. The summed E-state index contributed by atoms with van der Waals surface area (Å²) in [4.78, 5) is 29.1. The van der Waals surface area contributed by atoms with Gasteiger partial charge in [-0.2, -0.15) is 0 Å². The summed E-state index contributed by atoms with van der Waals surface area (Å²) < 4.78 is 29.1. The van der Waals surface area contributed by atoms with Crippen molar-refractivity contribution in [1.29, 1.82) is 0 Å². The molecule has 0 radical (unpaired) electrons. The molecule has 0 fully saturated rings. The molecule has 0 spiro atoms. The summed E-state index contributed by atoms with van der Waals surface area (Å²) in [6, 6.07) is 22.7. The summed E-state index contributed by atoms with van der Waals surface area (Å²) >= 11 is 0. The molecular weight excluding hydrogens is 522 g/mol. The molecular formula is C32H41N3O4S. The Labute approximate surface area is 239 Å². The molecule has 0 heterocycles. The van der Waals surface area contributed by atoms with Gasteiger partial charge in [-0.15, -0.1) is 0 Å². The third-order valence-electron chi connectivity index (χ3n) is 6.64. The van der Waals surface area contributed by atoms with Crippen molar-refractivity contribution in [2.24, 2.45) is 0 Å². The predicted molar refractivity (Wildman–Crippen MR) is 161 cm³/mol. The molecule has 7 nitrogen and oxygen atoms in total. The largest absolute Gasteiger partial charge is 0.350 e. The normalized spacial score (nSPS) is 12.4. The minimum atomic E-state index is -4.09. The maximum Gasteiger partial charge on any atom is 0.264 e. The number of hydrogen-bond donors (Lipinski definition) is 1. The van der Waals surface area contributed by atoms with Crippen LogP contribution in [0.1, 0.15) is 50.8 Å². The summed E-state index contributed by atoms with van der Waals surface area (Å²) in [6.07, 6.45) is 0.915. The van der Waals surface area contributed by atoms with Crippen molar-refractivity contribution in [2.45, 2.75) is 70.9 Å². The van der Waals surface area contributed by atoms with E-state index in [-0.39, 0.29) is 17.3 Å². The van der Waals surface area contributed by atoms with E-state index in [0.29, 0.717) is 18.5 Å². The Kier molecular flexibility index (Phi) is 10.1. The van der Waals surface area contributed by atoms with Crippen molar-refractivity contribution >= 4 is 27.5 Å². The number of nitrogens with zero attached hydrogens (tertiary/aromatic N) is 2. The molecule has 8 heteroatoms. The molecule has 0 saturated heterocycles. The highest BCUT2D eigenvalue weighted by Crippen LogP contribution is 2.27. The van der Waals surface area contributed by atoms with Gasteiger partial charge in [0.05, 0.1) is 10.6 Å². The number of carbonyl (C=O) groups excluding carboxylic acids is 2. The van der Waals surface area contributed by atoms with Gasteiger partial charge in [0, 0.05) is 12.1 Å². The van der Waals surface area contributed by atoms with Crippen LogP contribution in [0.4, 0.5) is 5.69 Å². The summed E-state index contributed by atoms with van der Waals surface area (Å²) in [6.45, 7) is 11.1. The van der Waals surface area contributed by atoms with Gasteiger partial charge >= 0.3 is 0 Å². The molecule has 0 aromatic heterocycles. The Hall–Kier alpha value is -3.65. The van der Waals surface area contributed by atoms with E-state index in [1.54, 1.807) is 36.4 Å². The van der Waals surface area contributed by atoms with E-state index in [1.165, 1.54) is 9.21 Å². The van der Waals surface area contributed by atoms with Crippen molar-refractivity contribution in [3.8, 4) is 0 Å². The first-order chi connectivity index (χ1) is 18.8. The monoisotopic (exact) mass is 563 g/mol. The molecule has 214 valence electrons. The van der Waals surface area contributed by atoms with E-state index < -0.39 is 34.1 Å². The lowest BCUT2D eigenvalue weighted by Gasteiger charge is -2.35. The second-order valence-corrected chi connectivity index (χ2v) is 13.0. The van der Waals surface area contributed by atoms with Gasteiger partial charge in [0.1, 0.15) is 12.6 Å². The quantitative estimate of drug-likeness (QED) is 0.345. The smallest absolute Gasteiger partial charge is 0.264 e. The average molecular weight is 564 g/mol. The van der Waals surface area contributed by atoms with Crippen molar-refractivity contribution in [2.75, 3.05) is 17.4 Å². The molecule has 40 heavy (non-hydrogen) atoms. The predicted octanol–water partition coefficient (Wildman–Crippen LogP) is 5.26. The molecule has 3 rings (SSSR count). The summed E-state index contributed by atoms with van der Waals surface area (Å²) in [5.74, 6) is -0.703. The van der Waals surface area contributed by atoms with Crippen molar-refractivity contribution < 1.29 is 18.0 Å². The number of benzene rings is 3. The highest BCUT2D eigenvalue weighted by molar-refractivity contribution is 7.92. The zero-order valence-electron chi connectivity index (χ0n) is 24.3. The van der Waals surface area contributed by atoms with E-state index in [0.717, 1.165) is 16.7 Å². The lowest BCUT2D eigenvalue weighted by Crippen LogP contribution is -2.56. The van der Waals surface area contributed by atoms with Crippen LogP contribution in [0.2, 0.25) is 0 Å². The summed E-state index contributed by atoms with van der Waals surface area (Å²) in [5.41, 5.74) is 2.61. The van der Waals surface area contributed by atoms with Crippen molar-refractivity contribution in [1.82, 2.24) is 10.2 Å². The Morgan fingerprint density at radius 3 is 2.05 bits per heavy atom. The minimum Gasteiger partial charge on any atom is -0.350 e. The van der Waals surface area contributed by atoms with Crippen molar-refractivity contribution in [3.63, 3.8) is 0 Å². The van der Waals surface area contributed by atoms with E-state index >= 15 is 0 Å². The topological polar surface area (TPSA) is 86.8 Å². The highest BCUT2D eigenvalue weighted by atomic mass is 32.2. The van der Waals surface area contributed by atoms with Gasteiger partial charge in [-0.25, -0.2) is 8.42 Å². The van der Waals surface area contributed by atoms with Crippen LogP contribution in [0.3, 0.4) is 0 Å². The van der Waals surface area contributed by atoms with E-state index in [4.69, 9.17) is 0 Å². The number of anilines is 1. The minimum absolute atomic E-state index is 0.0995. The van der Waals surface area contributed by atoms with E-state index in [2.05, 4.69) is 5.32 Å². The number of hydrogen-bond acceptors (Lipinski definition) is 4. The first kappa shape index (κ1) is 30.9. The third-order valence-corrected chi connectivity index (χ3v) is 8.41. The molecule has 1 atom stereocenters. The molecule has 0 aliphatic heterocycles. The van der Waals surface area contributed by atoms with Crippen LogP contribution in [0.5, 0.6) is 0 Å². The van der Waals surface area contributed by atoms with Gasteiger partial charge in [-0.1, -0.05) is 73.2 Å². The Bertz CT molecular complexity index is 1400. The second kappa shape index (κ2) is 13.1. The molecule has 1 unspecified atom stereocenters. The van der Waals surface area contributed by atoms with Crippen LogP contribution in [0, 0.1) is 13.8 Å². The number of rotatable bonds is 11. The number of sulfonamides is 1. The molecule has 0 bridgehead atoms. The van der Waals surface area contributed by atoms with Crippen LogP contribution in [-0.4, -0.2) is 49.8 Å². The average Bonchev–Trinajstić information content (AvgIpc) is 2.89. The van der Waals surface area contributed by atoms with Crippen molar-refractivity contribution in [3.05, 3.63) is 95.6 Å². The fourth-order valence-electron chi connectivity index (χ4n) is 4.54. The van der Waals surface area contributed by atoms with Crippen LogP contribution in [0.25, 0.3) is 0 Å². The number of nitrogens with one attached hydrogen (secondary N) is 1. The van der Waals surface area contributed by atoms with Gasteiger partial charge in [-0.3, -0.25) is 13.9 Å². The van der Waals surface area contributed by atoms with Crippen LogP contribution >= 0.6 is 0 Å². The van der Waals surface area contributed by atoms with Crippen LogP contribution in [-0.2, 0) is 26.0 Å². The number of carbonyl (C=O) groups is 2. The van der Waals surface area contributed by atoms with E-state index in [9.17, 15) is 18.0 Å². The van der Waals surface area contributed by atoms with Crippen LogP contribution in [0.15, 0.2) is 83.8 Å². The zero-order valence-corrected chi connectivity index (χ0v) is 25.2. The second-order valence-electron chi connectivity index (χ2n) is 11.1. The van der Waals surface area contributed by atoms with Crippen LogP contribution < -0.4 is 9.62 Å². The van der Waals surface area contributed by atoms with Gasteiger partial charge in [0.25, 0.3) is 10.0 Å². The lowest BCUT2D eigenvalue weighted by atomic mass is 10.1. The molecule has 0 saturated carbocycles. The highest BCUT2D eigenvalue weighted by Gasteiger charge is 2.34. The molecule has 3 aromatic carbocycles. The van der Waals surface area contributed by atoms with Gasteiger partial charge in [-0.05, 0) is 76.8 Å². The van der Waals surface area contributed by atoms with Gasteiger partial charge < -0.3 is 10.2 Å². The number of aryl methyl sites for hydroxylation is 2. The Balaban J connectivity index is 2.03. The number of para-hydroxylation sites is 1. The standard InChI is InChI=1S/C32H41N3O4S/c1-7-28(31(37)33-32(4,5)6)34(22-21-26-14-9-8-10-15-26)30(36)23-35(29-16-12-11-13-25(29)3)40(38,39)27-19-17-24(2)18-20-27/h8-20,28H,7,21-23H2,1-6H3,(H,33,37). The molecule has 0 aliphatic rings. The Morgan fingerprint density at radius 2 is 1.48 bits per heavy atom. The molecule has 3 aromatic rings. The molecule has 0 aliphatic carbocycles.